The average molecular weight is 384 g/mol. The summed E-state index contributed by atoms with van der Waals surface area (Å²) in [5.41, 5.74) is 1.30. The van der Waals surface area contributed by atoms with Gasteiger partial charge < -0.3 is 34.7 Å². The van der Waals surface area contributed by atoms with Crippen molar-refractivity contribution < 1.29 is 33.6 Å². The number of carbonyl (C=O) groups is 2. The number of amides is 2. The summed E-state index contributed by atoms with van der Waals surface area (Å²) in [6.45, 7) is 2.92. The number of alkyl carbamates (subject to hydrolysis) is 1. The second kappa shape index (κ2) is 14.9. The molecule has 3 N–H and O–H groups in total. The molecule has 2 amide bonds. The molecule has 152 valence electrons. The van der Waals surface area contributed by atoms with Crippen LogP contribution in [-0.2, 0) is 25.6 Å². The highest BCUT2D eigenvalue weighted by atomic mass is 16.6. The zero-order valence-electron chi connectivity index (χ0n) is 15.6. The van der Waals surface area contributed by atoms with Gasteiger partial charge in [0.1, 0.15) is 6.61 Å². The van der Waals surface area contributed by atoms with Gasteiger partial charge in [-0.15, -0.1) is 0 Å². The standard InChI is InChI=1S/C18H28N2O7/c1-19-18(23)27-13-12-26-11-10-25-9-8-24-7-6-20-17(22)16-4-2-15(14-21)3-5-16/h2-5,21H,6-14H2,1H3,(H,19,23)(H,20,22). The fraction of sp³-hybridized carbons (Fsp3) is 0.556. The van der Waals surface area contributed by atoms with Crippen molar-refractivity contribution in [3.05, 3.63) is 35.4 Å². The number of carbonyl (C=O) groups excluding carboxylic acids is 2. The van der Waals surface area contributed by atoms with E-state index >= 15 is 0 Å². The maximum atomic E-state index is 11.9. The number of nitrogens with one attached hydrogen (secondary N) is 2. The van der Waals surface area contributed by atoms with Crippen molar-refractivity contribution >= 4 is 12.0 Å². The first-order chi connectivity index (χ1) is 13.2. The van der Waals surface area contributed by atoms with Crippen molar-refractivity contribution in [2.24, 2.45) is 0 Å². The van der Waals surface area contributed by atoms with Crippen LogP contribution in [-0.4, -0.2) is 76.9 Å². The molecule has 1 rings (SSSR count). The van der Waals surface area contributed by atoms with Crippen molar-refractivity contribution in [3.63, 3.8) is 0 Å². The van der Waals surface area contributed by atoms with Gasteiger partial charge >= 0.3 is 6.09 Å². The number of benzene rings is 1. The lowest BCUT2D eigenvalue weighted by atomic mass is 10.1. The first kappa shape index (κ1) is 22.8. The molecule has 0 aliphatic heterocycles. The molecule has 9 nitrogen and oxygen atoms in total. The Morgan fingerprint density at radius 2 is 1.44 bits per heavy atom. The molecule has 0 bridgehead atoms. The summed E-state index contributed by atoms with van der Waals surface area (Å²) < 4.78 is 20.7. The molecule has 0 fully saturated rings. The summed E-state index contributed by atoms with van der Waals surface area (Å²) in [4.78, 5) is 22.7. The third-order valence-electron chi connectivity index (χ3n) is 3.34. The van der Waals surface area contributed by atoms with Crippen LogP contribution in [0.1, 0.15) is 15.9 Å². The zero-order valence-corrected chi connectivity index (χ0v) is 15.6. The Bertz CT molecular complexity index is 537. The van der Waals surface area contributed by atoms with Crippen LogP contribution in [0.2, 0.25) is 0 Å². The van der Waals surface area contributed by atoms with Gasteiger partial charge in [0.2, 0.25) is 0 Å². The molecular formula is C18H28N2O7. The molecule has 0 atom stereocenters. The van der Waals surface area contributed by atoms with Crippen LogP contribution < -0.4 is 10.6 Å². The van der Waals surface area contributed by atoms with Crippen molar-refractivity contribution in [1.29, 1.82) is 0 Å². The lowest BCUT2D eigenvalue weighted by Gasteiger charge is -2.08. The van der Waals surface area contributed by atoms with Crippen LogP contribution in [0.3, 0.4) is 0 Å². The smallest absolute Gasteiger partial charge is 0.406 e. The minimum atomic E-state index is -0.484. The summed E-state index contributed by atoms with van der Waals surface area (Å²) in [6, 6.07) is 6.76. The average Bonchev–Trinajstić information content (AvgIpc) is 2.71. The highest BCUT2D eigenvalue weighted by molar-refractivity contribution is 5.94. The first-order valence-corrected chi connectivity index (χ1v) is 8.73. The highest BCUT2D eigenvalue weighted by Crippen LogP contribution is 2.03. The van der Waals surface area contributed by atoms with E-state index in [0.29, 0.717) is 51.7 Å². The van der Waals surface area contributed by atoms with Crippen molar-refractivity contribution in [1.82, 2.24) is 10.6 Å². The topological polar surface area (TPSA) is 115 Å². The van der Waals surface area contributed by atoms with Crippen LogP contribution in [0.15, 0.2) is 24.3 Å². The molecule has 0 saturated carbocycles. The SMILES string of the molecule is CNC(=O)OCCOCCOCCOCCNC(=O)c1ccc(CO)cc1. The molecule has 0 aliphatic carbocycles. The summed E-state index contributed by atoms with van der Waals surface area (Å²) in [7, 11) is 1.49. The molecule has 0 saturated heterocycles. The van der Waals surface area contributed by atoms with Gasteiger partial charge in [-0.3, -0.25) is 4.79 Å². The van der Waals surface area contributed by atoms with Gasteiger partial charge in [0, 0.05) is 19.2 Å². The largest absolute Gasteiger partial charge is 0.447 e. The van der Waals surface area contributed by atoms with E-state index in [2.05, 4.69) is 10.6 Å². The van der Waals surface area contributed by atoms with Crippen molar-refractivity contribution in [2.75, 3.05) is 59.8 Å². The first-order valence-electron chi connectivity index (χ1n) is 8.73. The number of hydrogen-bond donors (Lipinski definition) is 3. The zero-order chi connectivity index (χ0) is 19.7. The quantitative estimate of drug-likeness (QED) is 0.396. The van der Waals surface area contributed by atoms with Gasteiger partial charge in [-0.1, -0.05) is 12.1 Å². The number of rotatable bonds is 14. The van der Waals surface area contributed by atoms with Crippen LogP contribution in [0, 0.1) is 0 Å². The molecule has 1 aromatic rings. The van der Waals surface area contributed by atoms with E-state index in [9.17, 15) is 9.59 Å². The minimum absolute atomic E-state index is 0.0456. The Morgan fingerprint density at radius 1 is 0.889 bits per heavy atom. The van der Waals surface area contributed by atoms with E-state index in [0.717, 1.165) is 5.56 Å². The van der Waals surface area contributed by atoms with E-state index in [4.69, 9.17) is 24.1 Å². The second-order valence-electron chi connectivity index (χ2n) is 5.33. The predicted octanol–water partition coefficient (Wildman–Crippen LogP) is 0.315. The molecule has 0 unspecified atom stereocenters. The normalized spacial score (nSPS) is 10.4. The molecule has 0 heterocycles. The monoisotopic (exact) mass is 384 g/mol. The molecule has 0 radical (unpaired) electrons. The molecule has 0 spiro atoms. The molecular weight excluding hydrogens is 356 g/mol. The maximum absolute atomic E-state index is 11.9. The molecule has 0 aliphatic rings. The molecule has 9 heteroatoms. The van der Waals surface area contributed by atoms with E-state index < -0.39 is 6.09 Å². The van der Waals surface area contributed by atoms with Crippen molar-refractivity contribution in [3.8, 4) is 0 Å². The Morgan fingerprint density at radius 3 is 2.00 bits per heavy atom. The lowest BCUT2D eigenvalue weighted by molar-refractivity contribution is 0.00631. The predicted molar refractivity (Wildman–Crippen MR) is 97.6 cm³/mol. The fourth-order valence-corrected chi connectivity index (χ4v) is 1.91. The molecule has 0 aromatic heterocycles. The van der Waals surface area contributed by atoms with E-state index in [1.54, 1.807) is 24.3 Å². The van der Waals surface area contributed by atoms with Gasteiger partial charge in [0.25, 0.3) is 5.91 Å². The van der Waals surface area contributed by atoms with E-state index in [1.807, 2.05) is 0 Å². The number of ether oxygens (including phenoxy) is 4. The molecule has 1 aromatic carbocycles. The summed E-state index contributed by atoms with van der Waals surface area (Å²) in [5, 5.41) is 14.1. The van der Waals surface area contributed by atoms with Gasteiger partial charge in [-0.05, 0) is 17.7 Å². The van der Waals surface area contributed by atoms with Gasteiger partial charge in [0.05, 0.1) is 46.2 Å². The number of aliphatic hydroxyl groups is 1. The summed E-state index contributed by atoms with van der Waals surface area (Å²) >= 11 is 0. The fourth-order valence-electron chi connectivity index (χ4n) is 1.91. The van der Waals surface area contributed by atoms with Crippen molar-refractivity contribution in [2.45, 2.75) is 6.61 Å². The molecule has 27 heavy (non-hydrogen) atoms. The van der Waals surface area contributed by atoms with E-state index in [1.165, 1.54) is 7.05 Å². The van der Waals surface area contributed by atoms with Gasteiger partial charge in [-0.2, -0.15) is 0 Å². The van der Waals surface area contributed by atoms with Crippen LogP contribution in [0.5, 0.6) is 0 Å². The number of aliphatic hydroxyl groups excluding tert-OH is 1. The Labute approximate surface area is 158 Å². The third kappa shape index (κ3) is 11.2. The Hall–Kier alpha value is -2.20. The van der Waals surface area contributed by atoms with Gasteiger partial charge in [0.15, 0.2) is 0 Å². The minimum Gasteiger partial charge on any atom is -0.447 e. The van der Waals surface area contributed by atoms with Crippen LogP contribution in [0.4, 0.5) is 4.79 Å². The summed E-state index contributed by atoms with van der Waals surface area (Å²) in [5.74, 6) is -0.183. The van der Waals surface area contributed by atoms with Crippen LogP contribution in [0.25, 0.3) is 0 Å². The Balaban J connectivity index is 1.88. The van der Waals surface area contributed by atoms with Crippen LogP contribution >= 0.6 is 0 Å². The van der Waals surface area contributed by atoms with Gasteiger partial charge in [-0.25, -0.2) is 4.79 Å². The summed E-state index contributed by atoms with van der Waals surface area (Å²) in [6.07, 6.45) is -0.484. The Kier molecular flexibility index (Phi) is 12.6. The van der Waals surface area contributed by atoms with E-state index in [-0.39, 0.29) is 19.1 Å². The second-order valence-corrected chi connectivity index (χ2v) is 5.33. The lowest BCUT2D eigenvalue weighted by Crippen LogP contribution is -2.27. The highest BCUT2D eigenvalue weighted by Gasteiger charge is 2.04. The maximum Gasteiger partial charge on any atom is 0.406 e. The number of hydrogen-bond acceptors (Lipinski definition) is 7. The third-order valence-corrected chi connectivity index (χ3v) is 3.34.